The van der Waals surface area contributed by atoms with Gasteiger partial charge in [0.2, 0.25) is 0 Å². The van der Waals surface area contributed by atoms with Gasteiger partial charge in [-0.05, 0) is 29.5 Å². The fourth-order valence-corrected chi connectivity index (χ4v) is 3.91. The van der Waals surface area contributed by atoms with Gasteiger partial charge >= 0.3 is 0 Å². The molecule has 1 amide bonds. The van der Waals surface area contributed by atoms with Gasteiger partial charge in [0.05, 0.1) is 17.8 Å². The zero-order valence-electron chi connectivity index (χ0n) is 16.4. The minimum Gasteiger partial charge on any atom is -0.351 e. The number of rotatable bonds is 6. The van der Waals surface area contributed by atoms with E-state index in [9.17, 15) is 18.0 Å². The summed E-state index contributed by atoms with van der Waals surface area (Å²) in [5.41, 5.74) is 2.88. The molecule has 8 heteroatoms. The fraction of sp³-hybridized carbons (Fsp3) is 0.450. The van der Waals surface area contributed by atoms with Crippen LogP contribution in [0.4, 0.5) is 0 Å². The summed E-state index contributed by atoms with van der Waals surface area (Å²) in [5, 5.41) is 2.60. The maximum absolute atomic E-state index is 12.5. The molecule has 2 aromatic rings. The van der Waals surface area contributed by atoms with Crippen LogP contribution in [0.3, 0.4) is 0 Å². The third kappa shape index (κ3) is 4.86. The molecule has 7 nitrogen and oxygen atoms in total. The molecule has 0 fully saturated rings. The standard InChI is InChI=1S/C20H25N3O4S/c1-20(2)10-16-18(17(24)11-20)23(13-22-16)12-14-4-6-15(7-5-14)19(25)21-8-9-28(3,26)27/h4-7,13H,8-12H2,1-3H3,(H,21,25). The van der Waals surface area contributed by atoms with Gasteiger partial charge in [-0.2, -0.15) is 0 Å². The molecule has 0 saturated heterocycles. The van der Waals surface area contributed by atoms with Crippen LogP contribution in [0.15, 0.2) is 30.6 Å². The number of ketones is 1. The van der Waals surface area contributed by atoms with Crippen LogP contribution in [0.1, 0.15) is 52.4 Å². The van der Waals surface area contributed by atoms with Crippen molar-refractivity contribution in [1.82, 2.24) is 14.9 Å². The lowest BCUT2D eigenvalue weighted by atomic mass is 9.77. The number of nitrogens with zero attached hydrogens (tertiary/aromatic N) is 2. The smallest absolute Gasteiger partial charge is 0.251 e. The molecule has 28 heavy (non-hydrogen) atoms. The van der Waals surface area contributed by atoms with Gasteiger partial charge < -0.3 is 9.88 Å². The number of carbonyl (C=O) groups excluding carboxylic acids is 2. The van der Waals surface area contributed by atoms with Gasteiger partial charge in [-0.3, -0.25) is 9.59 Å². The van der Waals surface area contributed by atoms with Crippen molar-refractivity contribution in [2.45, 2.75) is 33.2 Å². The van der Waals surface area contributed by atoms with Gasteiger partial charge in [0, 0.05) is 31.3 Å². The van der Waals surface area contributed by atoms with Crippen molar-refractivity contribution >= 4 is 21.5 Å². The zero-order chi connectivity index (χ0) is 20.5. The summed E-state index contributed by atoms with van der Waals surface area (Å²) in [6, 6.07) is 7.04. The number of Topliss-reactive ketones (excluding diaryl/α,β-unsaturated/α-hetero) is 1. The van der Waals surface area contributed by atoms with Crippen LogP contribution in [-0.4, -0.2) is 48.2 Å². The molecule has 0 radical (unpaired) electrons. The van der Waals surface area contributed by atoms with E-state index in [-0.39, 0.29) is 29.4 Å². The van der Waals surface area contributed by atoms with E-state index >= 15 is 0 Å². The average molecular weight is 404 g/mol. The van der Waals surface area contributed by atoms with E-state index in [1.807, 2.05) is 16.7 Å². The van der Waals surface area contributed by atoms with Crippen LogP contribution in [0.5, 0.6) is 0 Å². The van der Waals surface area contributed by atoms with E-state index in [4.69, 9.17) is 0 Å². The van der Waals surface area contributed by atoms with Crippen LogP contribution in [0.2, 0.25) is 0 Å². The maximum atomic E-state index is 12.5. The number of nitrogens with one attached hydrogen (secondary N) is 1. The number of carbonyl (C=O) groups is 2. The van der Waals surface area contributed by atoms with Gasteiger partial charge in [0.25, 0.3) is 5.91 Å². The summed E-state index contributed by atoms with van der Waals surface area (Å²) < 4.78 is 24.1. The molecule has 0 spiro atoms. The predicted molar refractivity (Wildman–Crippen MR) is 106 cm³/mol. The Morgan fingerprint density at radius 2 is 1.89 bits per heavy atom. The molecule has 0 atom stereocenters. The molecule has 1 aromatic heterocycles. The van der Waals surface area contributed by atoms with Crippen molar-refractivity contribution in [3.63, 3.8) is 0 Å². The summed E-state index contributed by atoms with van der Waals surface area (Å²) in [7, 11) is -3.11. The number of imidazole rings is 1. The van der Waals surface area contributed by atoms with Crippen LogP contribution in [-0.2, 0) is 22.8 Å². The molecule has 150 valence electrons. The fourth-order valence-electron chi connectivity index (χ4n) is 3.44. The largest absolute Gasteiger partial charge is 0.351 e. The van der Waals surface area contributed by atoms with E-state index in [0.29, 0.717) is 24.2 Å². The van der Waals surface area contributed by atoms with E-state index in [0.717, 1.165) is 23.9 Å². The number of amides is 1. The number of hydrogen-bond acceptors (Lipinski definition) is 5. The quantitative estimate of drug-likeness (QED) is 0.794. The van der Waals surface area contributed by atoms with E-state index in [2.05, 4.69) is 24.1 Å². The lowest BCUT2D eigenvalue weighted by Gasteiger charge is -2.28. The Balaban J connectivity index is 1.67. The highest BCUT2D eigenvalue weighted by Crippen LogP contribution is 2.34. The van der Waals surface area contributed by atoms with Gasteiger partial charge in [0.1, 0.15) is 15.5 Å². The van der Waals surface area contributed by atoms with Crippen molar-refractivity contribution < 1.29 is 18.0 Å². The highest BCUT2D eigenvalue weighted by atomic mass is 32.2. The lowest BCUT2D eigenvalue weighted by Crippen LogP contribution is -2.29. The van der Waals surface area contributed by atoms with Gasteiger partial charge in [-0.1, -0.05) is 26.0 Å². The molecule has 3 rings (SSSR count). The first-order valence-corrected chi connectivity index (χ1v) is 11.2. The third-order valence-corrected chi connectivity index (χ3v) is 5.74. The van der Waals surface area contributed by atoms with Crippen molar-refractivity contribution in [3.05, 3.63) is 53.1 Å². The first-order valence-electron chi connectivity index (χ1n) is 9.16. The Labute approximate surface area is 165 Å². The van der Waals surface area contributed by atoms with Crippen molar-refractivity contribution in [2.24, 2.45) is 5.41 Å². The van der Waals surface area contributed by atoms with E-state index in [1.165, 1.54) is 0 Å². The summed E-state index contributed by atoms with van der Waals surface area (Å²) in [5.74, 6) is -0.286. The monoisotopic (exact) mass is 403 g/mol. The molecule has 1 aromatic carbocycles. The van der Waals surface area contributed by atoms with Gasteiger partial charge in [-0.25, -0.2) is 13.4 Å². The third-order valence-electron chi connectivity index (χ3n) is 4.79. The summed E-state index contributed by atoms with van der Waals surface area (Å²) in [6.45, 7) is 4.74. The molecule has 0 unspecified atom stereocenters. The van der Waals surface area contributed by atoms with Crippen LogP contribution < -0.4 is 5.32 Å². The molecule has 1 heterocycles. The second-order valence-electron chi connectivity index (χ2n) is 8.19. The summed E-state index contributed by atoms with van der Waals surface area (Å²) in [6.07, 6.45) is 4.14. The average Bonchev–Trinajstić information content (AvgIpc) is 2.95. The molecule has 0 bridgehead atoms. The molecule has 1 N–H and O–H groups in total. The number of aromatic nitrogens is 2. The molecule has 0 aliphatic heterocycles. The normalized spacial score (nSPS) is 15.9. The van der Waals surface area contributed by atoms with E-state index in [1.54, 1.807) is 18.5 Å². The highest BCUT2D eigenvalue weighted by Gasteiger charge is 2.34. The van der Waals surface area contributed by atoms with Gasteiger partial charge in [-0.15, -0.1) is 0 Å². The van der Waals surface area contributed by atoms with Crippen LogP contribution >= 0.6 is 0 Å². The summed E-state index contributed by atoms with van der Waals surface area (Å²) in [4.78, 5) is 29.0. The minimum absolute atomic E-state index is 0.0601. The minimum atomic E-state index is -3.11. The number of hydrogen-bond donors (Lipinski definition) is 1. The SMILES string of the molecule is CC1(C)CC(=O)c2c(ncn2Cc2ccc(C(=O)NCCS(C)(=O)=O)cc2)C1. The molecular formula is C20H25N3O4S. The molecule has 1 aliphatic carbocycles. The number of sulfone groups is 1. The lowest BCUT2D eigenvalue weighted by molar-refractivity contribution is 0.0900. The Morgan fingerprint density at radius 3 is 2.54 bits per heavy atom. The second-order valence-corrected chi connectivity index (χ2v) is 10.5. The Hall–Kier alpha value is -2.48. The molecular weight excluding hydrogens is 378 g/mol. The first-order chi connectivity index (χ1) is 13.0. The molecule has 1 aliphatic rings. The van der Waals surface area contributed by atoms with Crippen molar-refractivity contribution in [2.75, 3.05) is 18.6 Å². The zero-order valence-corrected chi connectivity index (χ0v) is 17.2. The summed E-state index contributed by atoms with van der Waals surface area (Å²) >= 11 is 0. The maximum Gasteiger partial charge on any atom is 0.251 e. The van der Waals surface area contributed by atoms with Crippen LogP contribution in [0.25, 0.3) is 0 Å². The molecule has 0 saturated carbocycles. The van der Waals surface area contributed by atoms with Crippen molar-refractivity contribution in [3.8, 4) is 0 Å². The Morgan fingerprint density at radius 1 is 1.21 bits per heavy atom. The predicted octanol–water partition coefficient (Wildman–Crippen LogP) is 1.86. The number of benzene rings is 1. The highest BCUT2D eigenvalue weighted by molar-refractivity contribution is 7.90. The topological polar surface area (TPSA) is 98.1 Å². The Bertz CT molecular complexity index is 1000. The number of fused-ring (bicyclic) bond motifs is 1. The van der Waals surface area contributed by atoms with E-state index < -0.39 is 9.84 Å². The second kappa shape index (κ2) is 7.50. The van der Waals surface area contributed by atoms with Crippen molar-refractivity contribution in [1.29, 1.82) is 0 Å². The Kier molecular flexibility index (Phi) is 5.43. The van der Waals surface area contributed by atoms with Gasteiger partial charge in [0.15, 0.2) is 5.78 Å². The van der Waals surface area contributed by atoms with Crippen LogP contribution in [0, 0.1) is 5.41 Å². The first kappa shape index (κ1) is 20.3.